The fourth-order valence-corrected chi connectivity index (χ4v) is 2.24. The van der Waals surface area contributed by atoms with Crippen molar-refractivity contribution in [1.82, 2.24) is 0 Å². The lowest BCUT2D eigenvalue weighted by atomic mass is 10.0. The molecule has 0 aliphatic carbocycles. The van der Waals surface area contributed by atoms with Gasteiger partial charge in [0.1, 0.15) is 18.1 Å². The average molecular weight is 276 g/mol. The molecule has 0 atom stereocenters. The van der Waals surface area contributed by atoms with Crippen LogP contribution >= 0.6 is 0 Å². The minimum Gasteiger partial charge on any atom is -0.508 e. The molecule has 0 aliphatic rings. The summed E-state index contributed by atoms with van der Waals surface area (Å²) in [5, 5.41) is 9.63. The highest BCUT2D eigenvalue weighted by Gasteiger charge is 2.06. The van der Waals surface area contributed by atoms with Gasteiger partial charge in [0.2, 0.25) is 0 Å². The van der Waals surface area contributed by atoms with Crippen molar-refractivity contribution in [2.45, 2.75) is 6.61 Å². The van der Waals surface area contributed by atoms with E-state index >= 15 is 0 Å². The Balaban J connectivity index is 1.86. The fraction of sp³-hybridized carbons (Fsp3) is 0.0526. The Morgan fingerprint density at radius 2 is 1.52 bits per heavy atom. The highest BCUT2D eigenvalue weighted by molar-refractivity contribution is 5.71. The number of ether oxygens (including phenoxy) is 1. The lowest BCUT2D eigenvalue weighted by Gasteiger charge is -2.12. The van der Waals surface area contributed by atoms with Gasteiger partial charge in [-0.2, -0.15) is 0 Å². The van der Waals surface area contributed by atoms with E-state index in [-0.39, 0.29) is 5.75 Å². The van der Waals surface area contributed by atoms with Gasteiger partial charge in [-0.05, 0) is 29.3 Å². The summed E-state index contributed by atoms with van der Waals surface area (Å²) in [4.78, 5) is 0. The topological polar surface area (TPSA) is 29.5 Å². The van der Waals surface area contributed by atoms with Crippen LogP contribution in [0.25, 0.3) is 11.1 Å². The predicted octanol–water partition coefficient (Wildman–Crippen LogP) is 4.64. The number of aromatic hydroxyl groups is 1. The Labute approximate surface area is 124 Å². The Morgan fingerprint density at radius 1 is 0.762 bits per heavy atom. The Morgan fingerprint density at radius 3 is 2.33 bits per heavy atom. The third kappa shape index (κ3) is 3.23. The Bertz CT molecular complexity index is 720. The summed E-state index contributed by atoms with van der Waals surface area (Å²) in [6.45, 7) is 0.524. The minimum absolute atomic E-state index is 0.255. The summed E-state index contributed by atoms with van der Waals surface area (Å²) >= 11 is 0. The molecule has 0 unspecified atom stereocenters. The SMILES string of the molecule is Oc1cccc(-c2ccccc2OCc2ccccc2)c1. The van der Waals surface area contributed by atoms with Crippen LogP contribution in [-0.2, 0) is 6.61 Å². The van der Waals surface area contributed by atoms with E-state index in [4.69, 9.17) is 4.74 Å². The number of para-hydroxylation sites is 1. The second kappa shape index (κ2) is 6.14. The van der Waals surface area contributed by atoms with Crippen molar-refractivity contribution in [1.29, 1.82) is 0 Å². The van der Waals surface area contributed by atoms with Crippen LogP contribution in [0.3, 0.4) is 0 Å². The molecule has 0 radical (unpaired) electrons. The third-order valence-corrected chi connectivity index (χ3v) is 3.28. The molecule has 21 heavy (non-hydrogen) atoms. The molecule has 0 spiro atoms. The van der Waals surface area contributed by atoms with Crippen LogP contribution in [0.5, 0.6) is 11.5 Å². The van der Waals surface area contributed by atoms with Crippen LogP contribution in [0, 0.1) is 0 Å². The summed E-state index contributed by atoms with van der Waals surface area (Å²) in [7, 11) is 0. The number of phenols is 1. The predicted molar refractivity (Wildman–Crippen MR) is 84.3 cm³/mol. The molecule has 0 fully saturated rings. The first kappa shape index (κ1) is 13.3. The van der Waals surface area contributed by atoms with E-state index in [0.717, 1.165) is 22.4 Å². The number of benzene rings is 3. The summed E-state index contributed by atoms with van der Waals surface area (Å²) in [6.07, 6.45) is 0. The van der Waals surface area contributed by atoms with E-state index in [1.165, 1.54) is 0 Å². The molecular weight excluding hydrogens is 260 g/mol. The van der Waals surface area contributed by atoms with Crippen molar-refractivity contribution in [2.24, 2.45) is 0 Å². The quantitative estimate of drug-likeness (QED) is 0.752. The van der Waals surface area contributed by atoms with Gasteiger partial charge in [-0.1, -0.05) is 60.7 Å². The van der Waals surface area contributed by atoms with Crippen LogP contribution in [0.1, 0.15) is 5.56 Å². The fourth-order valence-electron chi connectivity index (χ4n) is 2.24. The first-order valence-electron chi connectivity index (χ1n) is 6.88. The average Bonchev–Trinajstić information content (AvgIpc) is 2.54. The maximum absolute atomic E-state index is 9.63. The van der Waals surface area contributed by atoms with Gasteiger partial charge in [0.05, 0.1) is 0 Å². The van der Waals surface area contributed by atoms with Gasteiger partial charge in [0.25, 0.3) is 0 Å². The molecule has 3 aromatic carbocycles. The van der Waals surface area contributed by atoms with E-state index in [1.807, 2.05) is 66.7 Å². The molecule has 0 saturated heterocycles. The monoisotopic (exact) mass is 276 g/mol. The number of rotatable bonds is 4. The smallest absolute Gasteiger partial charge is 0.127 e. The van der Waals surface area contributed by atoms with Gasteiger partial charge in [-0.15, -0.1) is 0 Å². The van der Waals surface area contributed by atoms with Gasteiger partial charge in [0, 0.05) is 5.56 Å². The summed E-state index contributed by atoms with van der Waals surface area (Å²) < 4.78 is 5.94. The second-order valence-corrected chi connectivity index (χ2v) is 4.82. The summed E-state index contributed by atoms with van der Waals surface area (Å²) in [5.41, 5.74) is 3.05. The number of hydrogen-bond donors (Lipinski definition) is 1. The molecule has 0 amide bonds. The molecule has 3 rings (SSSR count). The van der Waals surface area contributed by atoms with E-state index in [0.29, 0.717) is 6.61 Å². The molecule has 104 valence electrons. The highest BCUT2D eigenvalue weighted by Crippen LogP contribution is 2.31. The van der Waals surface area contributed by atoms with Crippen molar-refractivity contribution >= 4 is 0 Å². The molecule has 0 saturated carbocycles. The lowest BCUT2D eigenvalue weighted by molar-refractivity contribution is 0.307. The molecule has 2 heteroatoms. The molecule has 0 aromatic heterocycles. The lowest BCUT2D eigenvalue weighted by Crippen LogP contribution is -1.96. The number of hydrogen-bond acceptors (Lipinski definition) is 2. The Hall–Kier alpha value is -2.74. The van der Waals surface area contributed by atoms with Gasteiger partial charge in [-0.3, -0.25) is 0 Å². The molecular formula is C19H16O2. The van der Waals surface area contributed by atoms with Crippen molar-refractivity contribution in [3.05, 3.63) is 84.4 Å². The van der Waals surface area contributed by atoms with E-state index in [9.17, 15) is 5.11 Å². The highest BCUT2D eigenvalue weighted by atomic mass is 16.5. The van der Waals surface area contributed by atoms with Gasteiger partial charge >= 0.3 is 0 Å². The van der Waals surface area contributed by atoms with Crippen LogP contribution in [0.4, 0.5) is 0 Å². The van der Waals surface area contributed by atoms with Crippen LogP contribution in [0.15, 0.2) is 78.9 Å². The summed E-state index contributed by atoms with van der Waals surface area (Å²) in [6, 6.07) is 25.1. The maximum Gasteiger partial charge on any atom is 0.127 e. The van der Waals surface area contributed by atoms with E-state index in [1.54, 1.807) is 12.1 Å². The molecule has 3 aromatic rings. The zero-order valence-electron chi connectivity index (χ0n) is 11.6. The molecule has 1 N–H and O–H groups in total. The molecule has 0 heterocycles. The summed E-state index contributed by atoms with van der Waals surface area (Å²) in [5.74, 6) is 1.07. The van der Waals surface area contributed by atoms with Gasteiger partial charge in [-0.25, -0.2) is 0 Å². The third-order valence-electron chi connectivity index (χ3n) is 3.28. The van der Waals surface area contributed by atoms with Gasteiger partial charge < -0.3 is 9.84 Å². The molecule has 0 bridgehead atoms. The Kier molecular flexibility index (Phi) is 3.88. The first-order valence-corrected chi connectivity index (χ1v) is 6.88. The van der Waals surface area contributed by atoms with E-state index in [2.05, 4.69) is 0 Å². The zero-order chi connectivity index (χ0) is 14.5. The van der Waals surface area contributed by atoms with Crippen LogP contribution in [0.2, 0.25) is 0 Å². The first-order chi connectivity index (χ1) is 10.3. The van der Waals surface area contributed by atoms with Crippen LogP contribution in [-0.4, -0.2) is 5.11 Å². The maximum atomic E-state index is 9.63. The second-order valence-electron chi connectivity index (χ2n) is 4.82. The largest absolute Gasteiger partial charge is 0.508 e. The minimum atomic E-state index is 0.255. The molecule has 2 nitrogen and oxygen atoms in total. The standard InChI is InChI=1S/C19H16O2/c20-17-10-6-9-16(13-17)18-11-4-5-12-19(18)21-14-15-7-2-1-3-8-15/h1-13,20H,14H2. The van der Waals surface area contributed by atoms with E-state index < -0.39 is 0 Å². The van der Waals surface area contributed by atoms with Crippen molar-refractivity contribution in [2.75, 3.05) is 0 Å². The zero-order valence-corrected chi connectivity index (χ0v) is 11.6. The molecule has 0 aliphatic heterocycles. The normalized spacial score (nSPS) is 10.3. The van der Waals surface area contributed by atoms with Gasteiger partial charge in [0.15, 0.2) is 0 Å². The van der Waals surface area contributed by atoms with Crippen molar-refractivity contribution in [3.63, 3.8) is 0 Å². The number of phenolic OH excluding ortho intramolecular Hbond substituents is 1. The van der Waals surface area contributed by atoms with Crippen LogP contribution < -0.4 is 4.74 Å². The van der Waals surface area contributed by atoms with Crippen molar-refractivity contribution in [3.8, 4) is 22.6 Å². The van der Waals surface area contributed by atoms with Crippen molar-refractivity contribution < 1.29 is 9.84 Å².